The molecule has 0 N–H and O–H groups in total. The molecule has 0 bridgehead atoms. The van der Waals surface area contributed by atoms with Crippen LogP contribution in [0.15, 0.2) is 65.9 Å². The van der Waals surface area contributed by atoms with Gasteiger partial charge in [-0.2, -0.15) is 0 Å². The van der Waals surface area contributed by atoms with Crippen LogP contribution in [0.5, 0.6) is 5.75 Å². The predicted molar refractivity (Wildman–Crippen MR) is 94.3 cm³/mol. The van der Waals surface area contributed by atoms with Gasteiger partial charge in [0, 0.05) is 18.2 Å². The monoisotopic (exact) mass is 307 g/mol. The minimum absolute atomic E-state index is 0.591. The van der Waals surface area contributed by atoms with Gasteiger partial charge in [-0.25, -0.2) is 0 Å². The van der Waals surface area contributed by atoms with E-state index >= 15 is 0 Å². The third-order valence-corrected chi connectivity index (χ3v) is 5.25. The normalized spacial score (nSPS) is 25.5. The molecule has 4 rings (SSSR count). The van der Waals surface area contributed by atoms with Crippen LogP contribution in [0.2, 0.25) is 0 Å². The molecule has 0 amide bonds. The van der Waals surface area contributed by atoms with E-state index in [0.717, 1.165) is 31.2 Å². The zero-order valence-electron chi connectivity index (χ0n) is 13.7. The lowest BCUT2D eigenvalue weighted by atomic mass is 9.83. The first kappa shape index (κ1) is 14.6. The Morgan fingerprint density at radius 3 is 2.91 bits per heavy atom. The fourth-order valence-corrected chi connectivity index (χ4v) is 4.21. The molecule has 0 fully saturated rings. The largest absolute Gasteiger partial charge is 0.494 e. The van der Waals surface area contributed by atoms with Crippen LogP contribution in [0, 0.1) is 5.92 Å². The second kappa shape index (κ2) is 6.66. The highest BCUT2D eigenvalue weighted by Crippen LogP contribution is 2.44. The summed E-state index contributed by atoms with van der Waals surface area (Å²) in [6.07, 6.45) is 15.6. The van der Waals surface area contributed by atoms with Crippen molar-refractivity contribution in [2.24, 2.45) is 5.92 Å². The van der Waals surface area contributed by atoms with Crippen LogP contribution >= 0.6 is 0 Å². The van der Waals surface area contributed by atoms with Gasteiger partial charge < -0.3 is 9.64 Å². The Labute approximate surface area is 139 Å². The molecule has 0 aromatic heterocycles. The van der Waals surface area contributed by atoms with Crippen molar-refractivity contribution in [1.82, 2.24) is 4.90 Å². The second-order valence-corrected chi connectivity index (χ2v) is 6.66. The van der Waals surface area contributed by atoms with Gasteiger partial charge >= 0.3 is 0 Å². The highest BCUT2D eigenvalue weighted by molar-refractivity contribution is 5.39. The average molecular weight is 307 g/mol. The Bertz CT molecular complexity index is 629. The molecule has 0 saturated heterocycles. The summed E-state index contributed by atoms with van der Waals surface area (Å²) >= 11 is 0. The van der Waals surface area contributed by atoms with E-state index in [0.29, 0.717) is 6.04 Å². The molecule has 0 saturated carbocycles. The van der Waals surface area contributed by atoms with Crippen LogP contribution in [0.25, 0.3) is 0 Å². The van der Waals surface area contributed by atoms with Crippen molar-refractivity contribution >= 4 is 0 Å². The number of rotatable bonds is 5. The van der Waals surface area contributed by atoms with Crippen LogP contribution in [0.3, 0.4) is 0 Å². The number of hydrogen-bond donors (Lipinski definition) is 0. The molecule has 1 aliphatic heterocycles. The first-order valence-corrected chi connectivity index (χ1v) is 8.94. The number of allylic oxidation sites excluding steroid dienone is 3. The summed E-state index contributed by atoms with van der Waals surface area (Å²) in [7, 11) is 0. The van der Waals surface area contributed by atoms with Crippen LogP contribution in [0.1, 0.15) is 32.1 Å². The van der Waals surface area contributed by atoms with E-state index in [1.165, 1.54) is 31.4 Å². The van der Waals surface area contributed by atoms with Crippen molar-refractivity contribution in [3.8, 4) is 5.75 Å². The molecular weight excluding hydrogens is 282 g/mol. The van der Waals surface area contributed by atoms with E-state index in [2.05, 4.69) is 29.2 Å². The molecule has 2 heteroatoms. The van der Waals surface area contributed by atoms with Gasteiger partial charge in [0.25, 0.3) is 0 Å². The Morgan fingerprint density at radius 2 is 2.00 bits per heavy atom. The van der Waals surface area contributed by atoms with E-state index < -0.39 is 0 Å². The molecule has 2 aliphatic carbocycles. The van der Waals surface area contributed by atoms with Crippen molar-refractivity contribution in [3.05, 3.63) is 65.9 Å². The number of hydrogen-bond acceptors (Lipinski definition) is 2. The lowest BCUT2D eigenvalue weighted by Gasteiger charge is -2.31. The van der Waals surface area contributed by atoms with Crippen molar-refractivity contribution < 1.29 is 4.74 Å². The van der Waals surface area contributed by atoms with Gasteiger partial charge in [-0.05, 0) is 55.9 Å². The van der Waals surface area contributed by atoms with E-state index in [-0.39, 0.29) is 0 Å². The molecule has 2 nitrogen and oxygen atoms in total. The van der Waals surface area contributed by atoms with Gasteiger partial charge in [-0.3, -0.25) is 0 Å². The van der Waals surface area contributed by atoms with Gasteiger partial charge in [-0.1, -0.05) is 36.4 Å². The molecule has 23 heavy (non-hydrogen) atoms. The van der Waals surface area contributed by atoms with E-state index in [9.17, 15) is 0 Å². The van der Waals surface area contributed by atoms with Crippen LogP contribution in [0.4, 0.5) is 0 Å². The molecule has 1 aromatic rings. The van der Waals surface area contributed by atoms with Gasteiger partial charge in [0.2, 0.25) is 0 Å². The summed E-state index contributed by atoms with van der Waals surface area (Å²) in [5, 5.41) is 0. The molecule has 1 aromatic carbocycles. The summed E-state index contributed by atoms with van der Waals surface area (Å²) < 4.78 is 5.86. The predicted octanol–water partition coefficient (Wildman–Crippen LogP) is 4.71. The number of ether oxygens (including phenoxy) is 1. The number of para-hydroxylation sites is 1. The topological polar surface area (TPSA) is 12.5 Å². The summed E-state index contributed by atoms with van der Waals surface area (Å²) in [5.74, 6) is 1.73. The van der Waals surface area contributed by atoms with Crippen LogP contribution in [-0.4, -0.2) is 24.1 Å². The van der Waals surface area contributed by atoms with Crippen LogP contribution < -0.4 is 4.74 Å². The molecule has 3 aliphatic rings. The van der Waals surface area contributed by atoms with Gasteiger partial charge in [0.15, 0.2) is 0 Å². The Kier molecular flexibility index (Phi) is 4.23. The molecule has 2 unspecified atom stereocenters. The summed E-state index contributed by atoms with van der Waals surface area (Å²) in [6.45, 7) is 1.87. The van der Waals surface area contributed by atoms with Crippen molar-refractivity contribution in [1.29, 1.82) is 0 Å². The van der Waals surface area contributed by atoms with E-state index in [1.807, 2.05) is 30.3 Å². The lowest BCUT2D eigenvalue weighted by Crippen LogP contribution is -2.34. The summed E-state index contributed by atoms with van der Waals surface area (Å²) in [4.78, 5) is 2.62. The molecule has 2 atom stereocenters. The van der Waals surface area contributed by atoms with E-state index in [1.54, 1.807) is 5.57 Å². The maximum absolute atomic E-state index is 5.86. The quantitative estimate of drug-likeness (QED) is 0.577. The lowest BCUT2D eigenvalue weighted by molar-refractivity contribution is 0.237. The molecule has 120 valence electrons. The van der Waals surface area contributed by atoms with Crippen molar-refractivity contribution in [3.63, 3.8) is 0 Å². The van der Waals surface area contributed by atoms with Crippen molar-refractivity contribution in [2.75, 3.05) is 13.2 Å². The second-order valence-electron chi connectivity index (χ2n) is 6.66. The third-order valence-electron chi connectivity index (χ3n) is 5.25. The van der Waals surface area contributed by atoms with Gasteiger partial charge in [0.05, 0.1) is 12.6 Å². The molecular formula is C21H25NO. The average Bonchev–Trinajstić information content (AvgIpc) is 2.94. The first-order chi connectivity index (χ1) is 11.4. The fourth-order valence-electron chi connectivity index (χ4n) is 4.21. The zero-order valence-corrected chi connectivity index (χ0v) is 13.7. The van der Waals surface area contributed by atoms with Crippen LogP contribution in [-0.2, 0) is 0 Å². The highest BCUT2D eigenvalue weighted by atomic mass is 16.5. The smallest absolute Gasteiger partial charge is 0.119 e. The molecule has 0 spiro atoms. The highest BCUT2D eigenvalue weighted by Gasteiger charge is 2.38. The zero-order chi connectivity index (χ0) is 15.5. The minimum Gasteiger partial charge on any atom is -0.494 e. The summed E-state index contributed by atoms with van der Waals surface area (Å²) in [5.41, 5.74) is 3.23. The fraction of sp³-hybridized carbons (Fsp3) is 0.429. The maximum atomic E-state index is 5.86. The summed E-state index contributed by atoms with van der Waals surface area (Å²) in [6, 6.07) is 10.7. The number of fused-ring (bicyclic) bond motifs is 2. The van der Waals surface area contributed by atoms with Gasteiger partial charge in [-0.15, -0.1) is 0 Å². The van der Waals surface area contributed by atoms with Gasteiger partial charge in [0.1, 0.15) is 5.75 Å². The Morgan fingerprint density at radius 1 is 1.09 bits per heavy atom. The number of benzene rings is 1. The first-order valence-electron chi connectivity index (χ1n) is 8.94. The third kappa shape index (κ3) is 2.95. The molecule has 0 radical (unpaired) electrons. The van der Waals surface area contributed by atoms with Crippen molar-refractivity contribution in [2.45, 2.75) is 38.1 Å². The molecule has 1 heterocycles. The van der Waals surface area contributed by atoms with E-state index in [4.69, 9.17) is 4.74 Å². The Balaban J connectivity index is 1.39. The maximum Gasteiger partial charge on any atom is 0.119 e. The SMILES string of the molecule is C1=CC2=C(CC1)C1CCC=CC1N2CCCOc1ccccc1. The standard InChI is InChI=1S/C21H25NO/c1-2-9-17(10-3-1)23-16-8-15-22-20-13-6-4-11-18(20)19-12-5-7-14-21(19)22/h1-3,6-7,9-10,13-14,18,20H,4-5,8,11-12,15-16H2. The minimum atomic E-state index is 0.591. The number of nitrogens with zero attached hydrogens (tertiary/aromatic N) is 1. The Hall–Kier alpha value is -1.96.